The molecule has 104 valence electrons. The first kappa shape index (κ1) is 14.3. The summed E-state index contributed by atoms with van der Waals surface area (Å²) in [6.45, 7) is 1.71. The lowest BCUT2D eigenvalue weighted by molar-refractivity contribution is 0.609. The number of benzene rings is 2. The molecule has 0 aromatic heterocycles. The Bertz CT molecular complexity index is 725. The molecule has 0 aliphatic rings. The maximum Gasteiger partial charge on any atom is 0.255 e. The zero-order valence-electron chi connectivity index (χ0n) is 10.9. The molecule has 0 aliphatic heterocycles. The number of sulfonamides is 1. The number of hydrogen-bond donors (Lipinski definition) is 1. The van der Waals surface area contributed by atoms with Gasteiger partial charge in [-0.15, -0.1) is 0 Å². The van der Waals surface area contributed by atoms with Gasteiger partial charge in [0, 0.05) is 0 Å². The van der Waals surface area contributed by atoms with Gasteiger partial charge in [0.25, 0.3) is 10.0 Å². The Morgan fingerprint density at radius 2 is 1.80 bits per heavy atom. The zero-order valence-corrected chi connectivity index (χ0v) is 11.7. The van der Waals surface area contributed by atoms with E-state index in [0.717, 1.165) is 17.0 Å². The van der Waals surface area contributed by atoms with Gasteiger partial charge >= 0.3 is 0 Å². The molecule has 20 heavy (non-hydrogen) atoms. The second kappa shape index (κ2) is 5.88. The van der Waals surface area contributed by atoms with Crippen molar-refractivity contribution < 1.29 is 12.8 Å². The third-order valence-corrected chi connectivity index (χ3v) is 3.69. The highest BCUT2D eigenvalue weighted by atomic mass is 32.2. The van der Waals surface area contributed by atoms with Crippen LogP contribution in [0.2, 0.25) is 0 Å². The molecule has 0 spiro atoms. The fraction of sp³-hybridized carbons (Fsp3) is 0.0667. The normalized spacial score (nSPS) is 11.7. The van der Waals surface area contributed by atoms with Crippen LogP contribution in [-0.4, -0.2) is 8.42 Å². The zero-order chi connectivity index (χ0) is 14.6. The third-order valence-electron chi connectivity index (χ3n) is 2.69. The molecule has 0 unspecified atom stereocenters. The number of rotatable bonds is 4. The van der Waals surface area contributed by atoms with Gasteiger partial charge in [-0.1, -0.05) is 36.4 Å². The highest BCUT2D eigenvalue weighted by molar-refractivity contribution is 7.95. The summed E-state index contributed by atoms with van der Waals surface area (Å²) in [7, 11) is -3.67. The van der Waals surface area contributed by atoms with Gasteiger partial charge in [-0.2, -0.15) is 0 Å². The fourth-order valence-electron chi connectivity index (χ4n) is 1.62. The molecular formula is C15H14FNO2S. The average Bonchev–Trinajstić information content (AvgIpc) is 2.42. The summed E-state index contributed by atoms with van der Waals surface area (Å²) < 4.78 is 39.3. The van der Waals surface area contributed by atoms with Crippen molar-refractivity contribution in [3.8, 4) is 0 Å². The average molecular weight is 291 g/mol. The van der Waals surface area contributed by atoms with Crippen LogP contribution in [0.4, 0.5) is 10.1 Å². The summed E-state index contributed by atoms with van der Waals surface area (Å²) in [4.78, 5) is 0. The van der Waals surface area contributed by atoms with Crippen molar-refractivity contribution in [1.29, 1.82) is 0 Å². The van der Waals surface area contributed by atoms with Crippen LogP contribution in [0.25, 0.3) is 6.08 Å². The van der Waals surface area contributed by atoms with Gasteiger partial charge in [0.2, 0.25) is 0 Å². The minimum Gasteiger partial charge on any atom is -0.280 e. The molecule has 2 aromatic carbocycles. The Morgan fingerprint density at radius 3 is 2.50 bits per heavy atom. The first-order valence-corrected chi connectivity index (χ1v) is 7.53. The van der Waals surface area contributed by atoms with Crippen molar-refractivity contribution in [1.82, 2.24) is 0 Å². The topological polar surface area (TPSA) is 46.2 Å². The van der Waals surface area contributed by atoms with Crippen LogP contribution in [0, 0.1) is 12.7 Å². The second-order valence-electron chi connectivity index (χ2n) is 4.32. The third kappa shape index (κ3) is 3.93. The Balaban J connectivity index is 2.19. The first-order chi connectivity index (χ1) is 9.46. The lowest BCUT2D eigenvalue weighted by atomic mass is 10.2. The van der Waals surface area contributed by atoms with Gasteiger partial charge in [-0.05, 0) is 36.3 Å². The molecule has 0 heterocycles. The van der Waals surface area contributed by atoms with E-state index in [1.807, 2.05) is 18.2 Å². The molecule has 3 nitrogen and oxygen atoms in total. The molecule has 0 amide bonds. The predicted molar refractivity (Wildman–Crippen MR) is 79.2 cm³/mol. The number of aryl methyl sites for hydroxylation is 1. The molecule has 2 aromatic rings. The van der Waals surface area contributed by atoms with E-state index in [2.05, 4.69) is 4.72 Å². The maximum atomic E-state index is 13.1. The fourth-order valence-corrected chi connectivity index (χ4v) is 2.55. The molecule has 1 N–H and O–H groups in total. The van der Waals surface area contributed by atoms with E-state index in [4.69, 9.17) is 0 Å². The predicted octanol–water partition coefficient (Wildman–Crippen LogP) is 3.55. The SMILES string of the molecule is Cc1ccc(F)cc1NS(=O)(=O)/C=C/c1ccccc1. The molecule has 5 heteroatoms. The van der Waals surface area contributed by atoms with Gasteiger partial charge in [0.15, 0.2) is 0 Å². The first-order valence-electron chi connectivity index (χ1n) is 5.98. The lowest BCUT2D eigenvalue weighted by Gasteiger charge is -2.07. The monoisotopic (exact) mass is 291 g/mol. The largest absolute Gasteiger partial charge is 0.280 e. The van der Waals surface area contributed by atoms with Gasteiger partial charge < -0.3 is 0 Å². The second-order valence-corrected chi connectivity index (χ2v) is 5.89. The molecule has 0 atom stereocenters. The van der Waals surface area contributed by atoms with Crippen LogP contribution in [0.5, 0.6) is 0 Å². The van der Waals surface area contributed by atoms with Gasteiger partial charge in [-0.25, -0.2) is 12.8 Å². The Kier molecular flexibility index (Phi) is 4.20. The Labute approximate surface area is 117 Å². The van der Waals surface area contributed by atoms with Crippen LogP contribution in [-0.2, 0) is 10.0 Å². The van der Waals surface area contributed by atoms with Crippen molar-refractivity contribution in [2.45, 2.75) is 6.92 Å². The van der Waals surface area contributed by atoms with Crippen molar-refractivity contribution in [3.63, 3.8) is 0 Å². The van der Waals surface area contributed by atoms with E-state index < -0.39 is 15.8 Å². The highest BCUT2D eigenvalue weighted by Crippen LogP contribution is 2.18. The molecule has 0 bridgehead atoms. The van der Waals surface area contributed by atoms with Gasteiger partial charge in [0.1, 0.15) is 5.82 Å². The summed E-state index contributed by atoms with van der Waals surface area (Å²) in [6, 6.07) is 13.0. The van der Waals surface area contributed by atoms with Gasteiger partial charge in [0.05, 0.1) is 11.1 Å². The van der Waals surface area contributed by atoms with Crippen molar-refractivity contribution in [2.24, 2.45) is 0 Å². The minimum atomic E-state index is -3.67. The molecule has 2 rings (SSSR count). The van der Waals surface area contributed by atoms with Crippen molar-refractivity contribution in [3.05, 3.63) is 70.9 Å². The van der Waals surface area contributed by atoms with Crippen LogP contribution in [0.3, 0.4) is 0 Å². The van der Waals surface area contributed by atoms with E-state index in [0.29, 0.717) is 5.56 Å². The van der Waals surface area contributed by atoms with Gasteiger partial charge in [-0.3, -0.25) is 4.72 Å². The van der Waals surface area contributed by atoms with Crippen LogP contribution >= 0.6 is 0 Å². The minimum absolute atomic E-state index is 0.239. The van der Waals surface area contributed by atoms with E-state index in [1.54, 1.807) is 19.1 Å². The Hall–Kier alpha value is -2.14. The van der Waals surface area contributed by atoms with Crippen LogP contribution < -0.4 is 4.72 Å². The molecule has 0 saturated carbocycles. The highest BCUT2D eigenvalue weighted by Gasteiger charge is 2.08. The van der Waals surface area contributed by atoms with E-state index >= 15 is 0 Å². The lowest BCUT2D eigenvalue weighted by Crippen LogP contribution is -2.10. The molecule has 0 radical (unpaired) electrons. The number of hydrogen-bond acceptors (Lipinski definition) is 2. The van der Waals surface area contributed by atoms with E-state index in [-0.39, 0.29) is 5.69 Å². The molecule has 0 aliphatic carbocycles. The van der Waals surface area contributed by atoms with Crippen LogP contribution in [0.1, 0.15) is 11.1 Å². The van der Waals surface area contributed by atoms with Crippen LogP contribution in [0.15, 0.2) is 53.9 Å². The summed E-state index contributed by atoms with van der Waals surface area (Å²) in [5.74, 6) is -0.486. The summed E-state index contributed by atoms with van der Waals surface area (Å²) in [5, 5.41) is 1.06. The maximum absolute atomic E-state index is 13.1. The summed E-state index contributed by atoms with van der Waals surface area (Å²) >= 11 is 0. The molecule has 0 saturated heterocycles. The number of anilines is 1. The summed E-state index contributed by atoms with van der Waals surface area (Å²) in [6.07, 6.45) is 1.48. The quantitative estimate of drug-likeness (QED) is 0.936. The van der Waals surface area contributed by atoms with Crippen molar-refractivity contribution in [2.75, 3.05) is 4.72 Å². The molecule has 0 fully saturated rings. The standard InChI is InChI=1S/C15H14FNO2S/c1-12-7-8-14(16)11-15(12)17-20(18,19)10-9-13-5-3-2-4-6-13/h2-11,17H,1H3/b10-9+. The number of nitrogens with one attached hydrogen (secondary N) is 1. The number of halogens is 1. The summed E-state index contributed by atoms with van der Waals surface area (Å²) in [5.41, 5.74) is 1.67. The Morgan fingerprint density at radius 1 is 1.10 bits per heavy atom. The van der Waals surface area contributed by atoms with E-state index in [1.165, 1.54) is 18.2 Å². The smallest absolute Gasteiger partial charge is 0.255 e. The van der Waals surface area contributed by atoms with Crippen molar-refractivity contribution >= 4 is 21.8 Å². The van der Waals surface area contributed by atoms with E-state index in [9.17, 15) is 12.8 Å². The molecular weight excluding hydrogens is 277 g/mol.